The van der Waals surface area contributed by atoms with Gasteiger partial charge >= 0.3 is 0 Å². The second-order valence-electron chi connectivity index (χ2n) is 6.48. The number of rotatable bonds is 6. The molecule has 1 aromatic rings. The molecule has 1 saturated heterocycles. The number of carbonyl (C=O) groups excluding carboxylic acids is 1. The average molecular weight is 304 g/mol. The zero-order chi connectivity index (χ0) is 16.1. The predicted molar refractivity (Wildman–Crippen MR) is 89.7 cm³/mol. The summed E-state index contributed by atoms with van der Waals surface area (Å²) >= 11 is 0. The summed E-state index contributed by atoms with van der Waals surface area (Å²) in [4.78, 5) is 15.2. The van der Waals surface area contributed by atoms with Gasteiger partial charge in [0.05, 0.1) is 11.7 Å². The molecule has 122 valence electrons. The van der Waals surface area contributed by atoms with E-state index in [9.17, 15) is 4.79 Å². The maximum Gasteiger partial charge on any atom is 0.170 e. The van der Waals surface area contributed by atoms with Crippen LogP contribution in [0.4, 0.5) is 0 Å². The van der Waals surface area contributed by atoms with Gasteiger partial charge in [-0.1, -0.05) is 18.6 Å². The average Bonchev–Trinajstić information content (AvgIpc) is 2.49. The number of nitrogens with one attached hydrogen (secondary N) is 1. The highest BCUT2D eigenvalue weighted by Gasteiger charge is 2.23. The summed E-state index contributed by atoms with van der Waals surface area (Å²) in [5, 5.41) is 3.34. The molecule has 1 fully saturated rings. The number of hydrogen-bond donors (Lipinski definition) is 1. The number of piperazine rings is 1. The summed E-state index contributed by atoms with van der Waals surface area (Å²) < 4.78 is 5.82. The Balaban J connectivity index is 2.11. The molecular formula is C18H28N2O2. The fraction of sp³-hybridized carbons (Fsp3) is 0.611. The Hall–Kier alpha value is -1.39. The molecule has 1 aromatic carbocycles. The van der Waals surface area contributed by atoms with Crippen LogP contribution in [0.25, 0.3) is 0 Å². The second kappa shape index (κ2) is 7.75. The molecule has 4 nitrogen and oxygen atoms in total. The normalized spacial score (nSPS) is 17.5. The van der Waals surface area contributed by atoms with Crippen molar-refractivity contribution in [3.63, 3.8) is 0 Å². The monoisotopic (exact) mass is 304 g/mol. The maximum atomic E-state index is 12.9. The van der Waals surface area contributed by atoms with Crippen molar-refractivity contribution in [2.45, 2.75) is 33.8 Å². The van der Waals surface area contributed by atoms with Crippen molar-refractivity contribution < 1.29 is 9.53 Å². The molecule has 4 heteroatoms. The highest BCUT2D eigenvalue weighted by molar-refractivity contribution is 6.00. The van der Waals surface area contributed by atoms with Gasteiger partial charge in [-0.2, -0.15) is 0 Å². The Labute approximate surface area is 133 Å². The van der Waals surface area contributed by atoms with E-state index >= 15 is 0 Å². The van der Waals surface area contributed by atoms with E-state index < -0.39 is 0 Å². The van der Waals surface area contributed by atoms with Gasteiger partial charge in [0.25, 0.3) is 0 Å². The molecule has 1 aliphatic rings. The minimum atomic E-state index is -0.0191. The van der Waals surface area contributed by atoms with Crippen LogP contribution in [0.2, 0.25) is 0 Å². The lowest BCUT2D eigenvalue weighted by molar-refractivity contribution is 0.0881. The first-order valence-electron chi connectivity index (χ1n) is 8.22. The van der Waals surface area contributed by atoms with Gasteiger partial charge in [-0.15, -0.1) is 0 Å². The van der Waals surface area contributed by atoms with Crippen LogP contribution in [-0.2, 0) is 0 Å². The van der Waals surface area contributed by atoms with Crippen LogP contribution in [0.3, 0.4) is 0 Å². The topological polar surface area (TPSA) is 41.6 Å². The number of carbonyl (C=O) groups is 1. The molecule has 22 heavy (non-hydrogen) atoms. The van der Waals surface area contributed by atoms with Crippen LogP contribution in [0, 0.1) is 12.8 Å². The number of ketones is 1. The van der Waals surface area contributed by atoms with Crippen LogP contribution in [0.5, 0.6) is 5.75 Å². The van der Waals surface area contributed by atoms with Gasteiger partial charge in [0.2, 0.25) is 0 Å². The number of nitrogens with zero attached hydrogens (tertiary/aromatic N) is 1. The molecule has 0 aliphatic carbocycles. The van der Waals surface area contributed by atoms with Crippen molar-refractivity contribution in [1.29, 1.82) is 0 Å². The number of Topliss-reactive ketones (excluding diaryl/α,β-unsaturated/α-hetero) is 1. The van der Waals surface area contributed by atoms with Crippen LogP contribution in [-0.4, -0.2) is 49.5 Å². The van der Waals surface area contributed by atoms with E-state index in [1.54, 1.807) is 0 Å². The van der Waals surface area contributed by atoms with Gasteiger partial charge in [-0.25, -0.2) is 0 Å². The standard InChI is InChI=1S/C18H28N2O2/c1-13(2)22-17-6-5-14(3)11-16(17)18(21)15(4)12-20-9-7-19-8-10-20/h5-6,11,13,15,19H,7-10,12H2,1-4H3. The predicted octanol–water partition coefficient (Wildman–Crippen LogP) is 2.51. The quantitative estimate of drug-likeness (QED) is 0.820. The summed E-state index contributed by atoms with van der Waals surface area (Å²) in [6.07, 6.45) is 0.0673. The van der Waals surface area contributed by atoms with E-state index in [0.717, 1.165) is 43.9 Å². The lowest BCUT2D eigenvalue weighted by Gasteiger charge is -2.29. The molecular weight excluding hydrogens is 276 g/mol. The minimum absolute atomic E-state index is 0.0191. The molecule has 0 radical (unpaired) electrons. The molecule has 1 N–H and O–H groups in total. The summed E-state index contributed by atoms with van der Waals surface area (Å²) in [5.41, 5.74) is 1.81. The van der Waals surface area contributed by atoms with Gasteiger partial charge < -0.3 is 15.0 Å². The van der Waals surface area contributed by atoms with Gasteiger partial charge in [0.1, 0.15) is 5.75 Å². The molecule has 0 amide bonds. The van der Waals surface area contributed by atoms with Crippen molar-refractivity contribution in [2.24, 2.45) is 5.92 Å². The van der Waals surface area contributed by atoms with E-state index in [2.05, 4.69) is 10.2 Å². The summed E-state index contributed by atoms with van der Waals surface area (Å²) in [6, 6.07) is 5.86. The second-order valence-corrected chi connectivity index (χ2v) is 6.48. The minimum Gasteiger partial charge on any atom is -0.490 e. The number of benzene rings is 1. The first-order valence-corrected chi connectivity index (χ1v) is 8.22. The molecule has 0 saturated carbocycles. The van der Waals surface area contributed by atoms with Gasteiger partial charge in [0.15, 0.2) is 5.78 Å². The largest absolute Gasteiger partial charge is 0.490 e. The third-order valence-corrected chi connectivity index (χ3v) is 3.95. The van der Waals surface area contributed by atoms with Crippen molar-refractivity contribution in [2.75, 3.05) is 32.7 Å². The Morgan fingerprint density at radius 1 is 1.27 bits per heavy atom. The molecule has 1 aliphatic heterocycles. The summed E-state index contributed by atoms with van der Waals surface area (Å²) in [5.74, 6) is 0.866. The highest BCUT2D eigenvalue weighted by Crippen LogP contribution is 2.24. The fourth-order valence-electron chi connectivity index (χ4n) is 2.82. The number of hydrogen-bond acceptors (Lipinski definition) is 4. The van der Waals surface area contributed by atoms with Crippen LogP contribution in [0.1, 0.15) is 36.7 Å². The molecule has 0 aromatic heterocycles. The van der Waals surface area contributed by atoms with E-state index in [4.69, 9.17) is 4.74 Å². The van der Waals surface area contributed by atoms with Crippen LogP contribution in [0.15, 0.2) is 18.2 Å². The smallest absolute Gasteiger partial charge is 0.170 e. The maximum absolute atomic E-state index is 12.9. The zero-order valence-electron chi connectivity index (χ0n) is 14.2. The summed E-state index contributed by atoms with van der Waals surface area (Å²) in [7, 11) is 0. The molecule has 1 heterocycles. The van der Waals surface area contributed by atoms with E-state index in [-0.39, 0.29) is 17.8 Å². The third kappa shape index (κ3) is 4.55. The molecule has 0 spiro atoms. The van der Waals surface area contributed by atoms with Crippen LogP contribution < -0.4 is 10.1 Å². The molecule has 2 rings (SSSR count). The first-order chi connectivity index (χ1) is 10.5. The highest BCUT2D eigenvalue weighted by atomic mass is 16.5. The number of aryl methyl sites for hydroxylation is 1. The lowest BCUT2D eigenvalue weighted by Crippen LogP contribution is -2.45. The van der Waals surface area contributed by atoms with Gasteiger partial charge in [-0.3, -0.25) is 4.79 Å². The summed E-state index contributed by atoms with van der Waals surface area (Å²) in [6.45, 7) is 12.9. The third-order valence-electron chi connectivity index (χ3n) is 3.95. The van der Waals surface area contributed by atoms with Crippen molar-refractivity contribution >= 4 is 5.78 Å². The Morgan fingerprint density at radius 3 is 2.59 bits per heavy atom. The van der Waals surface area contributed by atoms with Gasteiger partial charge in [-0.05, 0) is 32.9 Å². The Bertz CT molecular complexity index is 508. The SMILES string of the molecule is Cc1ccc(OC(C)C)c(C(=O)C(C)CN2CCNCC2)c1. The Kier molecular flexibility index (Phi) is 5.98. The molecule has 0 bridgehead atoms. The zero-order valence-corrected chi connectivity index (χ0v) is 14.2. The van der Waals surface area contributed by atoms with E-state index in [1.165, 1.54) is 0 Å². The van der Waals surface area contributed by atoms with Crippen LogP contribution >= 0.6 is 0 Å². The van der Waals surface area contributed by atoms with E-state index in [1.807, 2.05) is 45.9 Å². The van der Waals surface area contributed by atoms with Crippen molar-refractivity contribution in [3.8, 4) is 5.75 Å². The number of ether oxygens (including phenoxy) is 1. The first kappa shape index (κ1) is 17.0. The molecule has 1 atom stereocenters. The molecule has 1 unspecified atom stereocenters. The van der Waals surface area contributed by atoms with Crippen molar-refractivity contribution in [1.82, 2.24) is 10.2 Å². The van der Waals surface area contributed by atoms with Gasteiger partial charge in [0, 0.05) is 38.6 Å². The Morgan fingerprint density at radius 2 is 1.95 bits per heavy atom. The lowest BCUT2D eigenvalue weighted by atomic mass is 9.96. The fourth-order valence-corrected chi connectivity index (χ4v) is 2.82. The van der Waals surface area contributed by atoms with Crippen molar-refractivity contribution in [3.05, 3.63) is 29.3 Å². The van der Waals surface area contributed by atoms with E-state index in [0.29, 0.717) is 5.75 Å².